The van der Waals surface area contributed by atoms with Crippen molar-refractivity contribution in [2.45, 2.75) is 0 Å². The molecule has 9 nitrogen and oxygen atoms in total. The molecule has 2 N–H and O–H groups in total. The van der Waals surface area contributed by atoms with E-state index in [0.29, 0.717) is 11.5 Å². The van der Waals surface area contributed by atoms with Crippen molar-refractivity contribution in [1.29, 1.82) is 0 Å². The third-order valence-corrected chi connectivity index (χ3v) is 4.23. The number of nitrogens with one attached hydrogen (secondary N) is 2. The van der Waals surface area contributed by atoms with Crippen molar-refractivity contribution in [3.63, 3.8) is 0 Å². The van der Waals surface area contributed by atoms with E-state index < -0.39 is 11.8 Å². The molecule has 1 aromatic rings. The molecule has 1 aliphatic rings. The molecule has 10 heteroatoms. The van der Waals surface area contributed by atoms with Crippen molar-refractivity contribution in [1.82, 2.24) is 15.5 Å². The highest BCUT2D eigenvalue weighted by Gasteiger charge is 2.29. The maximum atomic E-state index is 11.7. The van der Waals surface area contributed by atoms with E-state index >= 15 is 0 Å². The molecule has 0 saturated carbocycles. The second-order valence-corrected chi connectivity index (χ2v) is 6.12. The van der Waals surface area contributed by atoms with Gasteiger partial charge in [-0.1, -0.05) is 11.8 Å². The van der Waals surface area contributed by atoms with Crippen molar-refractivity contribution in [3.05, 3.63) is 24.3 Å². The van der Waals surface area contributed by atoms with Crippen LogP contribution in [0.15, 0.2) is 24.3 Å². The minimum absolute atomic E-state index is 0.116. The average Bonchev–Trinajstić information content (AvgIpc) is 2.97. The van der Waals surface area contributed by atoms with Crippen LogP contribution in [-0.2, 0) is 14.4 Å². The molecule has 0 spiro atoms. The van der Waals surface area contributed by atoms with Crippen molar-refractivity contribution in [2.24, 2.45) is 0 Å². The summed E-state index contributed by atoms with van der Waals surface area (Å²) < 4.78 is 10.3. The van der Waals surface area contributed by atoms with Gasteiger partial charge in [0.05, 0.1) is 19.4 Å². The van der Waals surface area contributed by atoms with Gasteiger partial charge in [-0.2, -0.15) is 0 Å². The van der Waals surface area contributed by atoms with Crippen molar-refractivity contribution < 1.29 is 28.7 Å². The van der Waals surface area contributed by atoms with E-state index in [9.17, 15) is 19.2 Å². The molecule has 140 valence electrons. The number of carbonyl (C=O) groups is 4. The molecule has 1 aromatic carbocycles. The number of imide groups is 1. The quantitative estimate of drug-likeness (QED) is 0.619. The first-order chi connectivity index (χ1) is 12.5. The van der Waals surface area contributed by atoms with Gasteiger partial charge in [-0.15, -0.1) is 0 Å². The Balaban J connectivity index is 1.59. The zero-order valence-electron chi connectivity index (χ0n) is 14.1. The normalized spacial score (nSPS) is 13.5. The van der Waals surface area contributed by atoms with Crippen LogP contribution in [0.2, 0.25) is 0 Å². The van der Waals surface area contributed by atoms with Gasteiger partial charge < -0.3 is 20.1 Å². The zero-order chi connectivity index (χ0) is 18.9. The number of ether oxygens (including phenoxy) is 2. The Bertz CT molecular complexity index is 663. The second-order valence-electron chi connectivity index (χ2n) is 5.19. The largest absolute Gasteiger partial charge is 0.497 e. The first kappa shape index (κ1) is 19.6. The predicted molar refractivity (Wildman–Crippen MR) is 94.1 cm³/mol. The Morgan fingerprint density at radius 2 is 1.81 bits per heavy atom. The van der Waals surface area contributed by atoms with Crippen LogP contribution in [0.4, 0.5) is 4.79 Å². The monoisotopic (exact) mass is 381 g/mol. The summed E-state index contributed by atoms with van der Waals surface area (Å²) in [5.41, 5.74) is 0. The lowest BCUT2D eigenvalue weighted by molar-refractivity contribution is -0.127. The molecule has 26 heavy (non-hydrogen) atoms. The zero-order valence-corrected chi connectivity index (χ0v) is 15.0. The Morgan fingerprint density at radius 3 is 2.42 bits per heavy atom. The van der Waals surface area contributed by atoms with Gasteiger partial charge in [0.25, 0.3) is 11.1 Å². The molecule has 0 aromatic heterocycles. The molecule has 0 aliphatic carbocycles. The van der Waals surface area contributed by atoms with E-state index in [2.05, 4.69) is 10.6 Å². The number of benzene rings is 1. The van der Waals surface area contributed by atoms with Crippen LogP contribution >= 0.6 is 11.8 Å². The lowest BCUT2D eigenvalue weighted by atomic mass is 10.3. The highest BCUT2D eigenvalue weighted by molar-refractivity contribution is 8.14. The Kier molecular flexibility index (Phi) is 7.27. The van der Waals surface area contributed by atoms with Gasteiger partial charge >= 0.3 is 0 Å². The van der Waals surface area contributed by atoms with E-state index in [0.717, 1.165) is 16.7 Å². The maximum Gasteiger partial charge on any atom is 0.288 e. The van der Waals surface area contributed by atoms with Gasteiger partial charge in [-0.3, -0.25) is 24.1 Å². The number of methoxy groups -OCH3 is 1. The minimum Gasteiger partial charge on any atom is -0.497 e. The topological polar surface area (TPSA) is 114 Å². The SMILES string of the molecule is COc1ccc(OCC(=O)NCC(=O)NCCN2C(=O)CSC2=O)cc1. The van der Waals surface area contributed by atoms with Gasteiger partial charge in [0.2, 0.25) is 11.8 Å². The van der Waals surface area contributed by atoms with E-state index in [-0.39, 0.29) is 43.1 Å². The summed E-state index contributed by atoms with van der Waals surface area (Å²) in [4.78, 5) is 47.2. The number of carbonyl (C=O) groups excluding carboxylic acids is 4. The summed E-state index contributed by atoms with van der Waals surface area (Å²) in [6.45, 7) is -0.199. The van der Waals surface area contributed by atoms with Crippen LogP contribution in [0.25, 0.3) is 0 Å². The van der Waals surface area contributed by atoms with Crippen LogP contribution in [0.5, 0.6) is 11.5 Å². The Labute approximate surface area is 154 Å². The molecule has 0 radical (unpaired) electrons. The minimum atomic E-state index is -0.447. The fourth-order valence-corrected chi connectivity index (χ4v) is 2.77. The molecule has 1 heterocycles. The van der Waals surface area contributed by atoms with Crippen molar-refractivity contribution >= 4 is 34.7 Å². The van der Waals surface area contributed by atoms with E-state index in [1.54, 1.807) is 31.4 Å². The van der Waals surface area contributed by atoms with Crippen LogP contribution in [0.1, 0.15) is 0 Å². The molecule has 4 amide bonds. The molecule has 0 unspecified atom stereocenters. The Morgan fingerprint density at radius 1 is 1.12 bits per heavy atom. The van der Waals surface area contributed by atoms with E-state index in [4.69, 9.17) is 9.47 Å². The number of rotatable bonds is 9. The standard InChI is InChI=1S/C16H19N3O6S/c1-24-11-2-4-12(5-3-11)25-9-14(21)18-8-13(20)17-6-7-19-15(22)10-26-16(19)23/h2-5H,6-10H2,1H3,(H,17,20)(H,18,21). The highest BCUT2D eigenvalue weighted by atomic mass is 32.2. The van der Waals surface area contributed by atoms with Crippen LogP contribution < -0.4 is 20.1 Å². The molecular formula is C16H19N3O6S. The third-order valence-electron chi connectivity index (χ3n) is 3.37. The molecule has 0 bridgehead atoms. The maximum absolute atomic E-state index is 11.7. The van der Waals surface area contributed by atoms with Crippen molar-refractivity contribution in [2.75, 3.05) is 39.1 Å². The summed E-state index contributed by atoms with van der Waals surface area (Å²) in [7, 11) is 1.55. The number of hydrogen-bond acceptors (Lipinski definition) is 7. The van der Waals surface area contributed by atoms with Crippen molar-refractivity contribution in [3.8, 4) is 11.5 Å². The van der Waals surface area contributed by atoms with Gasteiger partial charge in [0.15, 0.2) is 6.61 Å². The number of nitrogens with zero attached hydrogens (tertiary/aromatic N) is 1. The fourth-order valence-electron chi connectivity index (χ4n) is 2.02. The summed E-state index contributed by atoms with van der Waals surface area (Å²) in [5, 5.41) is 4.64. The number of hydrogen-bond donors (Lipinski definition) is 2. The molecule has 2 rings (SSSR count). The molecule has 1 fully saturated rings. The fraction of sp³-hybridized carbons (Fsp3) is 0.375. The van der Waals surface area contributed by atoms with E-state index in [1.807, 2.05) is 0 Å². The Hall–Kier alpha value is -2.75. The molecule has 1 aliphatic heterocycles. The van der Waals surface area contributed by atoms with Crippen LogP contribution in [-0.4, -0.2) is 67.0 Å². The number of amides is 4. The van der Waals surface area contributed by atoms with Gasteiger partial charge in [-0.25, -0.2) is 0 Å². The number of thioether (sulfide) groups is 1. The smallest absolute Gasteiger partial charge is 0.288 e. The third kappa shape index (κ3) is 5.96. The second kappa shape index (κ2) is 9.66. The molecule has 0 atom stereocenters. The van der Waals surface area contributed by atoms with Gasteiger partial charge in [0.1, 0.15) is 11.5 Å². The lowest BCUT2D eigenvalue weighted by Crippen LogP contribution is -2.42. The highest BCUT2D eigenvalue weighted by Crippen LogP contribution is 2.18. The summed E-state index contributed by atoms with van der Waals surface area (Å²) in [6, 6.07) is 6.74. The van der Waals surface area contributed by atoms with Gasteiger partial charge in [0, 0.05) is 13.1 Å². The summed E-state index contributed by atoms with van der Waals surface area (Å²) in [5.74, 6) is 0.180. The van der Waals surface area contributed by atoms with Crippen LogP contribution in [0.3, 0.4) is 0 Å². The van der Waals surface area contributed by atoms with Crippen LogP contribution in [0, 0.1) is 0 Å². The van der Waals surface area contributed by atoms with Gasteiger partial charge in [-0.05, 0) is 24.3 Å². The molecule has 1 saturated heterocycles. The van der Waals surface area contributed by atoms with E-state index in [1.165, 1.54) is 0 Å². The lowest BCUT2D eigenvalue weighted by Gasteiger charge is -2.13. The first-order valence-corrected chi connectivity index (χ1v) is 8.75. The molecular weight excluding hydrogens is 362 g/mol. The summed E-state index contributed by atoms with van der Waals surface area (Å²) >= 11 is 0.939. The first-order valence-electron chi connectivity index (χ1n) is 7.77. The predicted octanol–water partition coefficient (Wildman–Crippen LogP) is 0.00180. The summed E-state index contributed by atoms with van der Waals surface area (Å²) in [6.07, 6.45) is 0. The average molecular weight is 381 g/mol.